The predicted molar refractivity (Wildman–Crippen MR) is 77.7 cm³/mol. The molecule has 1 amide bonds. The molecule has 1 heterocycles. The molecule has 1 aromatic heterocycles. The van der Waals surface area contributed by atoms with Crippen LogP contribution in [0.2, 0.25) is 0 Å². The first-order valence-corrected chi connectivity index (χ1v) is 7.24. The molecule has 0 aliphatic carbocycles. The van der Waals surface area contributed by atoms with Crippen LogP contribution in [0.25, 0.3) is 0 Å². The monoisotopic (exact) mass is 275 g/mol. The van der Waals surface area contributed by atoms with Gasteiger partial charge in [-0.3, -0.25) is 9.89 Å². The van der Waals surface area contributed by atoms with E-state index in [1.54, 1.807) is 29.1 Å². The van der Waals surface area contributed by atoms with Gasteiger partial charge in [0.05, 0.1) is 11.9 Å². The predicted octanol–water partition coefficient (Wildman–Crippen LogP) is 2.30. The summed E-state index contributed by atoms with van der Waals surface area (Å²) in [6.45, 7) is 0.598. The highest BCUT2D eigenvalue weighted by Gasteiger charge is 2.09. The molecule has 0 unspecified atom stereocenters. The number of thioether (sulfide) groups is 1. The number of rotatable bonds is 6. The average molecular weight is 275 g/mol. The van der Waals surface area contributed by atoms with Crippen LogP contribution in [0.5, 0.6) is 0 Å². The highest BCUT2D eigenvalue weighted by molar-refractivity contribution is 7.99. The topological polar surface area (TPSA) is 49.0 Å². The Labute approximate surface area is 117 Å². The number of hydrogen-bond acceptors (Lipinski definition) is 3. The van der Waals surface area contributed by atoms with E-state index < -0.39 is 0 Å². The third-order valence-corrected chi connectivity index (χ3v) is 3.73. The molecule has 0 spiro atoms. The standard InChI is InChI=1S/C14H17N3OS/c1-17(9-13-7-15-16-8-13)14(18)11-19-10-12-5-3-2-4-6-12/h2-8H,9-11H2,1H3,(H,15,16). The van der Waals surface area contributed by atoms with Crippen molar-refractivity contribution in [3.63, 3.8) is 0 Å². The van der Waals surface area contributed by atoms with Crippen molar-refractivity contribution in [1.29, 1.82) is 0 Å². The molecule has 0 aliphatic rings. The van der Waals surface area contributed by atoms with Gasteiger partial charge in [-0.25, -0.2) is 0 Å². The maximum atomic E-state index is 11.9. The quantitative estimate of drug-likeness (QED) is 0.880. The van der Waals surface area contributed by atoms with Gasteiger partial charge in [-0.2, -0.15) is 5.10 Å². The van der Waals surface area contributed by atoms with E-state index in [4.69, 9.17) is 0 Å². The van der Waals surface area contributed by atoms with Crippen molar-refractivity contribution in [1.82, 2.24) is 15.1 Å². The van der Waals surface area contributed by atoms with Gasteiger partial charge in [0.1, 0.15) is 0 Å². The summed E-state index contributed by atoms with van der Waals surface area (Å²) in [4.78, 5) is 13.7. The van der Waals surface area contributed by atoms with Crippen LogP contribution >= 0.6 is 11.8 Å². The van der Waals surface area contributed by atoms with Crippen molar-refractivity contribution >= 4 is 17.7 Å². The minimum Gasteiger partial charge on any atom is -0.341 e. The number of nitrogens with one attached hydrogen (secondary N) is 1. The molecule has 2 aromatic rings. The van der Waals surface area contributed by atoms with Gasteiger partial charge >= 0.3 is 0 Å². The van der Waals surface area contributed by atoms with Crippen LogP contribution in [-0.4, -0.2) is 33.8 Å². The zero-order valence-corrected chi connectivity index (χ0v) is 11.7. The first-order chi connectivity index (χ1) is 9.25. The Morgan fingerprint density at radius 2 is 2.11 bits per heavy atom. The maximum absolute atomic E-state index is 11.9. The molecule has 0 bridgehead atoms. The molecule has 0 fully saturated rings. The SMILES string of the molecule is CN(Cc1cn[nH]c1)C(=O)CSCc1ccccc1. The Hall–Kier alpha value is -1.75. The molecule has 4 nitrogen and oxygen atoms in total. The van der Waals surface area contributed by atoms with Crippen LogP contribution < -0.4 is 0 Å². The van der Waals surface area contributed by atoms with E-state index in [2.05, 4.69) is 22.3 Å². The highest BCUT2D eigenvalue weighted by Crippen LogP contribution is 2.12. The van der Waals surface area contributed by atoms with E-state index in [9.17, 15) is 4.79 Å². The van der Waals surface area contributed by atoms with Gasteiger partial charge in [0.15, 0.2) is 0 Å². The summed E-state index contributed by atoms with van der Waals surface area (Å²) in [7, 11) is 1.82. The molecule has 5 heteroatoms. The van der Waals surface area contributed by atoms with E-state index in [1.165, 1.54) is 5.56 Å². The Bertz CT molecular complexity index is 499. The minimum atomic E-state index is 0.141. The lowest BCUT2D eigenvalue weighted by Gasteiger charge is -2.15. The van der Waals surface area contributed by atoms with Crippen molar-refractivity contribution in [3.05, 3.63) is 53.9 Å². The molecule has 19 heavy (non-hydrogen) atoms. The largest absolute Gasteiger partial charge is 0.341 e. The number of H-pyrrole nitrogens is 1. The number of aromatic amines is 1. The van der Waals surface area contributed by atoms with Crippen LogP contribution in [0, 0.1) is 0 Å². The van der Waals surface area contributed by atoms with Gasteiger partial charge in [0, 0.05) is 31.1 Å². The summed E-state index contributed by atoms with van der Waals surface area (Å²) >= 11 is 1.64. The number of carbonyl (C=O) groups is 1. The average Bonchev–Trinajstić information content (AvgIpc) is 2.92. The Balaban J connectivity index is 1.72. The number of amides is 1. The fraction of sp³-hybridized carbons (Fsp3) is 0.286. The molecule has 1 N–H and O–H groups in total. The normalized spacial score (nSPS) is 10.4. The third-order valence-electron chi connectivity index (χ3n) is 2.74. The van der Waals surface area contributed by atoms with Crippen LogP contribution in [-0.2, 0) is 17.1 Å². The number of carbonyl (C=O) groups excluding carboxylic acids is 1. The fourth-order valence-electron chi connectivity index (χ4n) is 1.67. The molecule has 0 radical (unpaired) electrons. The van der Waals surface area contributed by atoms with E-state index >= 15 is 0 Å². The van der Waals surface area contributed by atoms with Crippen molar-refractivity contribution in [2.75, 3.05) is 12.8 Å². The third kappa shape index (κ3) is 4.44. The summed E-state index contributed by atoms with van der Waals surface area (Å²) in [6.07, 6.45) is 3.54. The van der Waals surface area contributed by atoms with Crippen molar-refractivity contribution in [2.24, 2.45) is 0 Å². The van der Waals surface area contributed by atoms with Gasteiger partial charge in [-0.15, -0.1) is 11.8 Å². The van der Waals surface area contributed by atoms with E-state index in [0.717, 1.165) is 11.3 Å². The second-order valence-electron chi connectivity index (χ2n) is 4.33. The molecule has 2 rings (SSSR count). The summed E-state index contributed by atoms with van der Waals surface area (Å²) < 4.78 is 0. The van der Waals surface area contributed by atoms with Crippen LogP contribution in [0.4, 0.5) is 0 Å². The fourth-order valence-corrected chi connectivity index (χ4v) is 2.59. The minimum absolute atomic E-state index is 0.141. The zero-order valence-electron chi connectivity index (χ0n) is 10.9. The summed E-state index contributed by atoms with van der Waals surface area (Å²) in [5, 5.41) is 6.61. The van der Waals surface area contributed by atoms with Crippen molar-refractivity contribution in [2.45, 2.75) is 12.3 Å². The second kappa shape index (κ2) is 6.99. The lowest BCUT2D eigenvalue weighted by Crippen LogP contribution is -2.27. The molecule has 1 aromatic carbocycles. The number of hydrogen-bond donors (Lipinski definition) is 1. The first kappa shape index (κ1) is 13.7. The van der Waals surface area contributed by atoms with Gasteiger partial charge in [-0.1, -0.05) is 30.3 Å². The van der Waals surface area contributed by atoms with Crippen molar-refractivity contribution < 1.29 is 4.79 Å². The van der Waals surface area contributed by atoms with Crippen LogP contribution in [0.1, 0.15) is 11.1 Å². The van der Waals surface area contributed by atoms with Crippen LogP contribution in [0.3, 0.4) is 0 Å². The van der Waals surface area contributed by atoms with Crippen LogP contribution in [0.15, 0.2) is 42.7 Å². The van der Waals surface area contributed by atoms with E-state index in [0.29, 0.717) is 12.3 Å². The van der Waals surface area contributed by atoms with Crippen molar-refractivity contribution in [3.8, 4) is 0 Å². The lowest BCUT2D eigenvalue weighted by molar-refractivity contribution is -0.127. The lowest BCUT2D eigenvalue weighted by atomic mass is 10.2. The number of nitrogens with zero attached hydrogens (tertiary/aromatic N) is 2. The smallest absolute Gasteiger partial charge is 0.232 e. The van der Waals surface area contributed by atoms with E-state index in [1.807, 2.05) is 25.2 Å². The molecular formula is C14H17N3OS. The highest BCUT2D eigenvalue weighted by atomic mass is 32.2. The van der Waals surface area contributed by atoms with Gasteiger partial charge in [-0.05, 0) is 5.56 Å². The zero-order chi connectivity index (χ0) is 13.5. The molecule has 100 valence electrons. The Morgan fingerprint density at radius 3 is 2.79 bits per heavy atom. The molecule has 0 saturated heterocycles. The summed E-state index contributed by atoms with van der Waals surface area (Å²) in [5.41, 5.74) is 2.27. The first-order valence-electron chi connectivity index (χ1n) is 6.09. The molecule has 0 atom stereocenters. The number of benzene rings is 1. The number of aromatic nitrogens is 2. The summed E-state index contributed by atoms with van der Waals surface area (Å²) in [6, 6.07) is 10.2. The summed E-state index contributed by atoms with van der Waals surface area (Å²) in [5.74, 6) is 1.51. The second-order valence-corrected chi connectivity index (χ2v) is 5.32. The van der Waals surface area contributed by atoms with Gasteiger partial charge in [0.2, 0.25) is 5.91 Å². The Morgan fingerprint density at radius 1 is 1.32 bits per heavy atom. The van der Waals surface area contributed by atoms with Gasteiger partial charge < -0.3 is 4.90 Å². The molecule has 0 saturated carbocycles. The molecular weight excluding hydrogens is 258 g/mol. The Kier molecular flexibility index (Phi) is 5.03. The van der Waals surface area contributed by atoms with E-state index in [-0.39, 0.29) is 5.91 Å². The molecule has 0 aliphatic heterocycles. The maximum Gasteiger partial charge on any atom is 0.232 e. The van der Waals surface area contributed by atoms with Gasteiger partial charge in [0.25, 0.3) is 0 Å².